The van der Waals surface area contributed by atoms with Crippen molar-refractivity contribution in [1.82, 2.24) is 0 Å². The molecule has 0 bridgehead atoms. The Hall–Kier alpha value is -0.510. The molecule has 0 aliphatic carbocycles. The molecule has 1 aromatic carbocycles. The van der Waals surface area contributed by atoms with Gasteiger partial charge in [-0.1, -0.05) is 25.1 Å². The maximum atomic E-state index is 10.3. The minimum absolute atomic E-state index is 0.177. The third-order valence-corrected chi connectivity index (χ3v) is 4.99. The highest BCUT2D eigenvalue weighted by Crippen LogP contribution is 2.34. The zero-order chi connectivity index (χ0) is 14.3. The second-order valence-corrected chi connectivity index (χ2v) is 7.04. The van der Waals surface area contributed by atoms with Crippen LogP contribution in [0.2, 0.25) is 0 Å². The van der Waals surface area contributed by atoms with E-state index < -0.39 is 5.60 Å². The van der Waals surface area contributed by atoms with E-state index in [4.69, 9.17) is 5.11 Å². The maximum Gasteiger partial charge on any atom is 0.0713 e. The van der Waals surface area contributed by atoms with Gasteiger partial charge in [-0.2, -0.15) is 0 Å². The van der Waals surface area contributed by atoms with E-state index in [1.807, 2.05) is 32.0 Å². The summed E-state index contributed by atoms with van der Waals surface area (Å²) in [5.41, 5.74) is -0.695. The molecule has 19 heavy (non-hydrogen) atoms. The van der Waals surface area contributed by atoms with E-state index in [-0.39, 0.29) is 11.9 Å². The van der Waals surface area contributed by atoms with E-state index in [0.29, 0.717) is 5.92 Å². The minimum Gasteiger partial charge on any atom is -0.396 e. The van der Waals surface area contributed by atoms with Crippen molar-refractivity contribution in [2.45, 2.75) is 55.8 Å². The van der Waals surface area contributed by atoms with Crippen molar-refractivity contribution in [3.05, 3.63) is 30.3 Å². The second kappa shape index (κ2) is 7.93. The fraction of sp³-hybridized carbons (Fsp3) is 0.625. The van der Waals surface area contributed by atoms with E-state index in [0.717, 1.165) is 19.3 Å². The number of rotatable bonds is 8. The highest BCUT2D eigenvalue weighted by atomic mass is 32.2. The molecule has 0 spiro atoms. The Kier molecular flexibility index (Phi) is 6.90. The van der Waals surface area contributed by atoms with Crippen LogP contribution in [0.4, 0.5) is 0 Å². The predicted octanol–water partition coefficient (Wildman–Crippen LogP) is 3.72. The third-order valence-electron chi connectivity index (χ3n) is 3.35. The van der Waals surface area contributed by atoms with Gasteiger partial charge in [0.05, 0.1) is 5.60 Å². The average molecular weight is 282 g/mol. The standard InChI is InChI=1S/C16H26O2S/c1-13(11-12-17)9-10-15(16(2,3)18)19-14-7-5-4-6-8-14/h4-8,13,15,17-18H,9-12H2,1-3H3. The smallest absolute Gasteiger partial charge is 0.0713 e. The Morgan fingerprint density at radius 2 is 1.74 bits per heavy atom. The van der Waals surface area contributed by atoms with E-state index in [9.17, 15) is 5.11 Å². The molecule has 108 valence electrons. The topological polar surface area (TPSA) is 40.5 Å². The highest BCUT2D eigenvalue weighted by molar-refractivity contribution is 8.00. The van der Waals surface area contributed by atoms with Crippen molar-refractivity contribution in [2.75, 3.05) is 6.61 Å². The number of aliphatic hydroxyl groups excluding tert-OH is 1. The SMILES string of the molecule is CC(CCO)CCC(Sc1ccccc1)C(C)(C)O. The van der Waals surface area contributed by atoms with Crippen LogP contribution < -0.4 is 0 Å². The van der Waals surface area contributed by atoms with Gasteiger partial charge in [0.2, 0.25) is 0 Å². The lowest BCUT2D eigenvalue weighted by molar-refractivity contribution is 0.0732. The van der Waals surface area contributed by atoms with Gasteiger partial charge < -0.3 is 10.2 Å². The van der Waals surface area contributed by atoms with Gasteiger partial charge in [0.25, 0.3) is 0 Å². The predicted molar refractivity (Wildman–Crippen MR) is 82.5 cm³/mol. The number of aliphatic hydroxyl groups is 2. The van der Waals surface area contributed by atoms with Gasteiger partial charge >= 0.3 is 0 Å². The number of hydrogen-bond donors (Lipinski definition) is 2. The van der Waals surface area contributed by atoms with Crippen LogP contribution in [-0.4, -0.2) is 27.7 Å². The van der Waals surface area contributed by atoms with E-state index in [2.05, 4.69) is 19.1 Å². The second-order valence-electron chi connectivity index (χ2n) is 5.77. The van der Waals surface area contributed by atoms with Gasteiger partial charge in [-0.05, 0) is 51.2 Å². The van der Waals surface area contributed by atoms with Crippen molar-refractivity contribution in [3.8, 4) is 0 Å². The van der Waals surface area contributed by atoms with Crippen molar-refractivity contribution in [3.63, 3.8) is 0 Å². The molecule has 0 saturated carbocycles. The van der Waals surface area contributed by atoms with Gasteiger partial charge in [0.15, 0.2) is 0 Å². The van der Waals surface area contributed by atoms with Gasteiger partial charge in [-0.15, -0.1) is 11.8 Å². The summed E-state index contributed by atoms with van der Waals surface area (Å²) in [4.78, 5) is 1.20. The number of thioether (sulfide) groups is 1. The van der Waals surface area contributed by atoms with E-state index in [1.165, 1.54) is 4.90 Å². The first-order chi connectivity index (χ1) is 8.93. The van der Waals surface area contributed by atoms with Gasteiger partial charge in [0, 0.05) is 16.8 Å². The summed E-state index contributed by atoms with van der Waals surface area (Å²) < 4.78 is 0. The lowest BCUT2D eigenvalue weighted by atomic mass is 9.95. The summed E-state index contributed by atoms with van der Waals surface area (Å²) in [6.45, 7) is 6.17. The molecule has 0 aromatic heterocycles. The van der Waals surface area contributed by atoms with Crippen LogP contribution in [-0.2, 0) is 0 Å². The summed E-state index contributed by atoms with van der Waals surface area (Å²) in [6, 6.07) is 10.2. The summed E-state index contributed by atoms with van der Waals surface area (Å²) in [5.74, 6) is 0.506. The molecule has 3 heteroatoms. The first kappa shape index (κ1) is 16.5. The van der Waals surface area contributed by atoms with Crippen LogP contribution >= 0.6 is 11.8 Å². The van der Waals surface area contributed by atoms with Crippen molar-refractivity contribution in [1.29, 1.82) is 0 Å². The molecule has 0 aliphatic rings. The summed E-state index contributed by atoms with van der Waals surface area (Å²) in [6.07, 6.45) is 2.84. The molecule has 1 aromatic rings. The average Bonchev–Trinajstić information content (AvgIpc) is 2.34. The van der Waals surface area contributed by atoms with Gasteiger partial charge in [-0.3, -0.25) is 0 Å². The number of hydrogen-bond acceptors (Lipinski definition) is 3. The fourth-order valence-corrected chi connectivity index (χ4v) is 3.21. The minimum atomic E-state index is -0.695. The summed E-state index contributed by atoms with van der Waals surface area (Å²) >= 11 is 1.74. The van der Waals surface area contributed by atoms with Gasteiger partial charge in [0.1, 0.15) is 0 Å². The Bertz CT molecular complexity index is 346. The molecular weight excluding hydrogens is 256 g/mol. The molecule has 2 unspecified atom stereocenters. The monoisotopic (exact) mass is 282 g/mol. The molecular formula is C16H26O2S. The fourth-order valence-electron chi connectivity index (χ4n) is 2.02. The van der Waals surface area contributed by atoms with Crippen molar-refractivity contribution >= 4 is 11.8 Å². The van der Waals surface area contributed by atoms with Gasteiger partial charge in [-0.25, -0.2) is 0 Å². The highest BCUT2D eigenvalue weighted by Gasteiger charge is 2.27. The lowest BCUT2D eigenvalue weighted by Gasteiger charge is -2.29. The van der Waals surface area contributed by atoms with Crippen LogP contribution in [0.3, 0.4) is 0 Å². The Labute approximate surface area is 121 Å². The quantitative estimate of drug-likeness (QED) is 0.714. The third kappa shape index (κ3) is 6.46. The van der Waals surface area contributed by atoms with Crippen LogP contribution in [0.5, 0.6) is 0 Å². The molecule has 2 N–H and O–H groups in total. The van der Waals surface area contributed by atoms with Crippen LogP contribution in [0.15, 0.2) is 35.2 Å². The molecule has 0 amide bonds. The van der Waals surface area contributed by atoms with Crippen LogP contribution in [0.25, 0.3) is 0 Å². The summed E-state index contributed by atoms with van der Waals surface area (Å²) in [5, 5.41) is 19.4. The molecule has 2 atom stereocenters. The van der Waals surface area contributed by atoms with E-state index in [1.54, 1.807) is 11.8 Å². The lowest BCUT2D eigenvalue weighted by Crippen LogP contribution is -2.33. The molecule has 0 heterocycles. The summed E-state index contributed by atoms with van der Waals surface area (Å²) in [7, 11) is 0. The first-order valence-electron chi connectivity index (χ1n) is 6.98. The normalized spacial score (nSPS) is 15.2. The van der Waals surface area contributed by atoms with Crippen LogP contribution in [0.1, 0.15) is 40.0 Å². The Morgan fingerprint density at radius 3 is 2.26 bits per heavy atom. The maximum absolute atomic E-state index is 10.3. The Morgan fingerprint density at radius 1 is 1.11 bits per heavy atom. The van der Waals surface area contributed by atoms with E-state index >= 15 is 0 Å². The molecule has 1 rings (SSSR count). The molecule has 0 radical (unpaired) electrons. The molecule has 0 aliphatic heterocycles. The zero-order valence-corrected chi connectivity index (χ0v) is 13.0. The largest absolute Gasteiger partial charge is 0.396 e. The van der Waals surface area contributed by atoms with Crippen molar-refractivity contribution < 1.29 is 10.2 Å². The Balaban J connectivity index is 2.58. The molecule has 0 fully saturated rings. The van der Waals surface area contributed by atoms with Crippen molar-refractivity contribution in [2.24, 2.45) is 5.92 Å². The molecule has 0 saturated heterocycles. The zero-order valence-electron chi connectivity index (χ0n) is 12.2. The molecule has 2 nitrogen and oxygen atoms in total. The van der Waals surface area contributed by atoms with Crippen LogP contribution in [0, 0.1) is 5.92 Å². The first-order valence-corrected chi connectivity index (χ1v) is 7.86. The number of benzene rings is 1.